The van der Waals surface area contributed by atoms with Gasteiger partial charge in [-0.3, -0.25) is 14.4 Å². The molecule has 8 heteroatoms. The Balaban J connectivity index is 1.90. The van der Waals surface area contributed by atoms with E-state index in [9.17, 15) is 19.5 Å². The fourth-order valence-corrected chi connectivity index (χ4v) is 8.42. The van der Waals surface area contributed by atoms with Gasteiger partial charge in [0.25, 0.3) is 0 Å². The molecule has 0 aliphatic carbocycles. The van der Waals surface area contributed by atoms with Crippen LogP contribution in [0.25, 0.3) is 0 Å². The summed E-state index contributed by atoms with van der Waals surface area (Å²) in [5.41, 5.74) is 0. The molecule has 6 atom stereocenters. The molecular weight excluding hydrogens is 438 g/mol. The SMILES string of the molecule is CCCN1CC=C[C@]2(C)S[C@]34C=CCN(C(C)C)C(=O)C3N([C@@H](CC)CO)C(=O)[C@@H]4[C@@H]2C1=O. The van der Waals surface area contributed by atoms with Crippen LogP contribution in [0, 0.1) is 11.8 Å². The van der Waals surface area contributed by atoms with Crippen LogP contribution in [0.3, 0.4) is 0 Å². The molecule has 4 rings (SSSR count). The number of thioether (sulfide) groups is 1. The molecule has 4 heterocycles. The number of carbonyl (C=O) groups excluding carboxylic acids is 3. The molecule has 0 aromatic rings. The Kier molecular flexibility index (Phi) is 6.46. The van der Waals surface area contributed by atoms with Crippen molar-refractivity contribution >= 4 is 29.5 Å². The average Bonchev–Trinajstić information content (AvgIpc) is 3.03. The van der Waals surface area contributed by atoms with Crippen molar-refractivity contribution in [1.82, 2.24) is 14.7 Å². The largest absolute Gasteiger partial charge is 0.394 e. The van der Waals surface area contributed by atoms with E-state index >= 15 is 0 Å². The number of nitrogens with zero attached hydrogens (tertiary/aromatic N) is 3. The lowest BCUT2D eigenvalue weighted by atomic mass is 9.74. The van der Waals surface area contributed by atoms with Crippen LogP contribution in [0.5, 0.6) is 0 Å². The smallest absolute Gasteiger partial charge is 0.247 e. The van der Waals surface area contributed by atoms with Crippen molar-refractivity contribution in [2.75, 3.05) is 26.2 Å². The van der Waals surface area contributed by atoms with E-state index in [1.807, 2.05) is 57.7 Å². The normalized spacial score (nSPS) is 36.8. The third-order valence-electron chi connectivity index (χ3n) is 7.80. The van der Waals surface area contributed by atoms with Crippen LogP contribution in [0.1, 0.15) is 47.5 Å². The van der Waals surface area contributed by atoms with Gasteiger partial charge in [-0.1, -0.05) is 38.2 Å². The molecule has 1 unspecified atom stereocenters. The Hall–Kier alpha value is -1.80. The number of rotatable bonds is 6. The Morgan fingerprint density at radius 1 is 1.06 bits per heavy atom. The van der Waals surface area contributed by atoms with Crippen LogP contribution in [-0.2, 0) is 14.4 Å². The summed E-state index contributed by atoms with van der Waals surface area (Å²) in [5.74, 6) is -1.46. The minimum atomic E-state index is -0.838. The van der Waals surface area contributed by atoms with E-state index in [-0.39, 0.29) is 30.4 Å². The zero-order valence-electron chi connectivity index (χ0n) is 20.4. The van der Waals surface area contributed by atoms with E-state index < -0.39 is 33.4 Å². The van der Waals surface area contributed by atoms with Gasteiger partial charge in [0.1, 0.15) is 6.04 Å². The highest BCUT2D eigenvalue weighted by atomic mass is 32.2. The van der Waals surface area contributed by atoms with Crippen molar-refractivity contribution in [1.29, 1.82) is 0 Å². The van der Waals surface area contributed by atoms with Crippen LogP contribution >= 0.6 is 11.8 Å². The van der Waals surface area contributed by atoms with E-state index in [4.69, 9.17) is 0 Å². The minimum absolute atomic E-state index is 0.00414. The summed E-state index contributed by atoms with van der Waals surface area (Å²) in [7, 11) is 0. The van der Waals surface area contributed by atoms with Gasteiger partial charge in [0.15, 0.2) is 0 Å². The molecule has 2 saturated heterocycles. The number of aliphatic hydroxyl groups excluding tert-OH is 1. The van der Waals surface area contributed by atoms with Crippen molar-refractivity contribution in [3.05, 3.63) is 24.3 Å². The molecule has 4 aliphatic heterocycles. The summed E-state index contributed by atoms with van der Waals surface area (Å²) in [6, 6.07) is -1.20. The third kappa shape index (κ3) is 3.47. The van der Waals surface area contributed by atoms with Gasteiger partial charge in [0.05, 0.1) is 29.2 Å². The third-order valence-corrected chi connectivity index (χ3v) is 9.60. The monoisotopic (exact) mass is 475 g/mol. The molecule has 1 spiro atoms. The first-order chi connectivity index (χ1) is 15.7. The number of amides is 3. The molecule has 0 aromatic heterocycles. The summed E-state index contributed by atoms with van der Waals surface area (Å²) in [4.78, 5) is 47.3. The molecule has 0 radical (unpaired) electrons. The first kappa shape index (κ1) is 24.3. The van der Waals surface area contributed by atoms with Gasteiger partial charge in [-0.25, -0.2) is 0 Å². The van der Waals surface area contributed by atoms with E-state index in [0.717, 1.165) is 6.42 Å². The lowest BCUT2D eigenvalue weighted by Gasteiger charge is -2.40. The van der Waals surface area contributed by atoms with Crippen LogP contribution in [-0.4, -0.2) is 91.4 Å². The van der Waals surface area contributed by atoms with Gasteiger partial charge in [0, 0.05) is 30.4 Å². The first-order valence-electron chi connectivity index (χ1n) is 12.2. The van der Waals surface area contributed by atoms with Crippen molar-refractivity contribution < 1.29 is 19.5 Å². The minimum Gasteiger partial charge on any atom is -0.394 e. The Bertz CT molecular complexity index is 885. The predicted molar refractivity (Wildman–Crippen MR) is 130 cm³/mol. The summed E-state index contributed by atoms with van der Waals surface area (Å²) in [6.07, 6.45) is 9.56. The van der Waals surface area contributed by atoms with Crippen LogP contribution < -0.4 is 0 Å². The molecule has 4 aliphatic rings. The molecule has 0 aromatic carbocycles. The van der Waals surface area contributed by atoms with Gasteiger partial charge in [0.2, 0.25) is 17.7 Å². The van der Waals surface area contributed by atoms with Gasteiger partial charge in [-0.05, 0) is 33.6 Å². The van der Waals surface area contributed by atoms with Gasteiger partial charge in [-0.2, -0.15) is 0 Å². The lowest BCUT2D eigenvalue weighted by molar-refractivity contribution is -0.147. The molecule has 33 heavy (non-hydrogen) atoms. The van der Waals surface area contributed by atoms with Gasteiger partial charge in [-0.15, -0.1) is 11.8 Å². The topological polar surface area (TPSA) is 81.2 Å². The first-order valence-corrected chi connectivity index (χ1v) is 13.1. The fourth-order valence-electron chi connectivity index (χ4n) is 6.27. The molecular formula is C25H37N3O4S. The highest BCUT2D eigenvalue weighted by molar-refractivity contribution is 8.02. The van der Waals surface area contributed by atoms with E-state index in [2.05, 4.69) is 6.08 Å². The quantitative estimate of drug-likeness (QED) is 0.595. The van der Waals surface area contributed by atoms with Gasteiger partial charge < -0.3 is 19.8 Å². The van der Waals surface area contributed by atoms with Crippen molar-refractivity contribution in [3.63, 3.8) is 0 Å². The Morgan fingerprint density at radius 2 is 1.76 bits per heavy atom. The Morgan fingerprint density at radius 3 is 2.36 bits per heavy atom. The highest BCUT2D eigenvalue weighted by Gasteiger charge is 2.74. The molecule has 7 nitrogen and oxygen atoms in total. The van der Waals surface area contributed by atoms with Crippen LogP contribution in [0.15, 0.2) is 24.3 Å². The molecule has 0 saturated carbocycles. The molecule has 182 valence electrons. The number of hydrogen-bond donors (Lipinski definition) is 1. The average molecular weight is 476 g/mol. The maximum atomic E-state index is 14.2. The Labute approximate surface area is 201 Å². The van der Waals surface area contributed by atoms with Crippen molar-refractivity contribution in [2.45, 2.75) is 75.1 Å². The van der Waals surface area contributed by atoms with E-state index in [0.29, 0.717) is 26.1 Å². The number of likely N-dealkylation sites (tertiary alicyclic amines) is 1. The summed E-state index contributed by atoms with van der Waals surface area (Å²) in [5, 5.41) is 10.1. The molecule has 3 amide bonds. The summed E-state index contributed by atoms with van der Waals surface area (Å²) >= 11 is 1.60. The second kappa shape index (κ2) is 8.77. The number of hydrogen-bond acceptors (Lipinski definition) is 5. The predicted octanol–water partition coefficient (Wildman–Crippen LogP) is 2.06. The fraction of sp³-hybridized carbons (Fsp3) is 0.720. The maximum absolute atomic E-state index is 14.2. The number of aliphatic hydroxyl groups is 1. The molecule has 2 fully saturated rings. The van der Waals surface area contributed by atoms with Crippen LogP contribution in [0.2, 0.25) is 0 Å². The zero-order valence-corrected chi connectivity index (χ0v) is 21.2. The lowest BCUT2D eigenvalue weighted by Crippen LogP contribution is -2.57. The van der Waals surface area contributed by atoms with Gasteiger partial charge >= 0.3 is 0 Å². The van der Waals surface area contributed by atoms with E-state index in [1.54, 1.807) is 21.6 Å². The standard InChI is InChI=1S/C25H37N3O4S/c1-6-12-26-13-8-10-24(5)18(21(26)30)19-22(31)28(17(7-2)15-29)20-23(32)27(16(3)4)14-9-11-25(19,20)33-24/h8-11,16-20,29H,6-7,12-15H2,1-5H3/t17-,18+,19-,20?,24-,25-/m0/s1. The maximum Gasteiger partial charge on any atom is 0.247 e. The summed E-state index contributed by atoms with van der Waals surface area (Å²) in [6.45, 7) is 11.4. The van der Waals surface area contributed by atoms with Crippen LogP contribution in [0.4, 0.5) is 0 Å². The van der Waals surface area contributed by atoms with Crippen molar-refractivity contribution in [3.8, 4) is 0 Å². The second-order valence-corrected chi connectivity index (χ2v) is 12.0. The number of fused-ring (bicyclic) bond motifs is 2. The summed E-state index contributed by atoms with van der Waals surface area (Å²) < 4.78 is -1.42. The second-order valence-electron chi connectivity index (χ2n) is 10.2. The van der Waals surface area contributed by atoms with E-state index in [1.165, 1.54) is 0 Å². The van der Waals surface area contributed by atoms with Crippen molar-refractivity contribution in [2.24, 2.45) is 11.8 Å². The molecule has 1 N–H and O–H groups in total. The molecule has 0 bridgehead atoms. The number of carbonyl (C=O) groups is 3. The highest BCUT2D eigenvalue weighted by Crippen LogP contribution is 2.65. The zero-order chi connectivity index (χ0) is 24.1.